The summed E-state index contributed by atoms with van der Waals surface area (Å²) in [5.41, 5.74) is 10.4. The Hall–Kier alpha value is -2.30. The maximum absolute atomic E-state index is 12.4. The second-order valence-electron chi connectivity index (χ2n) is 5.57. The second kappa shape index (κ2) is 5.60. The monoisotopic (exact) mass is 286 g/mol. The van der Waals surface area contributed by atoms with Gasteiger partial charge in [-0.05, 0) is 46.2 Å². The van der Waals surface area contributed by atoms with Crippen molar-refractivity contribution >= 4 is 17.3 Å². The molecule has 0 atom stereocenters. The number of para-hydroxylation sites is 1. The molecule has 2 rings (SSSR count). The molecule has 0 unspecified atom stereocenters. The molecule has 3 N–H and O–H groups in total. The van der Waals surface area contributed by atoms with Crippen molar-refractivity contribution in [3.8, 4) is 0 Å². The Morgan fingerprint density at radius 1 is 1.29 bits per heavy atom. The predicted octanol–water partition coefficient (Wildman–Crippen LogP) is 3.22. The van der Waals surface area contributed by atoms with Crippen molar-refractivity contribution in [2.45, 2.75) is 40.7 Å². The molecule has 0 bridgehead atoms. The van der Waals surface area contributed by atoms with Crippen molar-refractivity contribution in [3.05, 3.63) is 40.7 Å². The summed E-state index contributed by atoms with van der Waals surface area (Å²) in [4.78, 5) is 12.4. The van der Waals surface area contributed by atoms with Gasteiger partial charge < -0.3 is 11.1 Å². The lowest BCUT2D eigenvalue weighted by Crippen LogP contribution is -2.16. The molecule has 0 radical (unpaired) electrons. The highest BCUT2D eigenvalue weighted by Crippen LogP contribution is 2.24. The van der Waals surface area contributed by atoms with Crippen LogP contribution < -0.4 is 11.1 Å². The van der Waals surface area contributed by atoms with Crippen LogP contribution in [0, 0.1) is 20.8 Å². The van der Waals surface area contributed by atoms with Crippen molar-refractivity contribution in [1.82, 2.24) is 9.78 Å². The third-order valence-electron chi connectivity index (χ3n) is 3.62. The quantitative estimate of drug-likeness (QED) is 0.851. The van der Waals surface area contributed by atoms with Crippen LogP contribution in [0.2, 0.25) is 0 Å². The van der Waals surface area contributed by atoms with E-state index in [4.69, 9.17) is 5.73 Å². The van der Waals surface area contributed by atoms with Crippen molar-refractivity contribution < 1.29 is 4.79 Å². The molecule has 112 valence electrons. The fourth-order valence-electron chi connectivity index (χ4n) is 2.41. The van der Waals surface area contributed by atoms with E-state index in [1.54, 1.807) is 6.07 Å². The first-order valence-corrected chi connectivity index (χ1v) is 7.05. The third kappa shape index (κ3) is 2.77. The molecular weight excluding hydrogens is 264 g/mol. The van der Waals surface area contributed by atoms with Crippen molar-refractivity contribution in [3.63, 3.8) is 0 Å². The van der Waals surface area contributed by atoms with Gasteiger partial charge in [0.1, 0.15) is 0 Å². The minimum Gasteiger partial charge on any atom is -0.398 e. The van der Waals surface area contributed by atoms with Gasteiger partial charge in [0.05, 0.1) is 22.6 Å². The first-order chi connectivity index (χ1) is 9.82. The molecule has 5 heteroatoms. The lowest BCUT2D eigenvalue weighted by molar-refractivity contribution is 0.102. The summed E-state index contributed by atoms with van der Waals surface area (Å²) in [5, 5.41) is 7.40. The number of amides is 1. The van der Waals surface area contributed by atoms with Gasteiger partial charge in [-0.15, -0.1) is 0 Å². The van der Waals surface area contributed by atoms with Crippen molar-refractivity contribution in [2.24, 2.45) is 0 Å². The fourth-order valence-corrected chi connectivity index (χ4v) is 2.41. The van der Waals surface area contributed by atoms with Crippen LogP contribution in [0.4, 0.5) is 11.4 Å². The van der Waals surface area contributed by atoms with Gasteiger partial charge in [0.2, 0.25) is 0 Å². The van der Waals surface area contributed by atoms with Crippen LogP contribution in [0.15, 0.2) is 18.2 Å². The number of carbonyl (C=O) groups excluding carboxylic acids is 1. The average molecular weight is 286 g/mol. The van der Waals surface area contributed by atoms with E-state index in [0.29, 0.717) is 11.3 Å². The number of nitrogen functional groups attached to an aromatic ring is 1. The zero-order valence-electron chi connectivity index (χ0n) is 13.2. The normalized spacial score (nSPS) is 11.0. The van der Waals surface area contributed by atoms with Gasteiger partial charge in [-0.3, -0.25) is 9.48 Å². The van der Waals surface area contributed by atoms with Crippen LogP contribution >= 0.6 is 0 Å². The molecule has 21 heavy (non-hydrogen) atoms. The molecule has 5 nitrogen and oxygen atoms in total. The highest BCUT2D eigenvalue weighted by Gasteiger charge is 2.18. The van der Waals surface area contributed by atoms with E-state index in [1.165, 1.54) is 0 Å². The van der Waals surface area contributed by atoms with E-state index >= 15 is 0 Å². The van der Waals surface area contributed by atoms with Gasteiger partial charge in [0, 0.05) is 11.7 Å². The van der Waals surface area contributed by atoms with Crippen LogP contribution in [0.1, 0.15) is 47.2 Å². The van der Waals surface area contributed by atoms with Gasteiger partial charge in [0.15, 0.2) is 0 Å². The average Bonchev–Trinajstić information content (AvgIpc) is 2.70. The summed E-state index contributed by atoms with van der Waals surface area (Å²) >= 11 is 0. The summed E-state index contributed by atoms with van der Waals surface area (Å²) < 4.78 is 1.91. The van der Waals surface area contributed by atoms with Crippen molar-refractivity contribution in [1.29, 1.82) is 0 Å². The number of aryl methyl sites for hydroxylation is 2. The summed E-state index contributed by atoms with van der Waals surface area (Å²) in [7, 11) is 0. The van der Waals surface area contributed by atoms with Crippen LogP contribution in [0.5, 0.6) is 0 Å². The molecule has 0 aliphatic carbocycles. The lowest BCUT2D eigenvalue weighted by atomic mass is 10.1. The van der Waals surface area contributed by atoms with E-state index in [9.17, 15) is 4.79 Å². The largest absolute Gasteiger partial charge is 0.398 e. The Labute approximate surface area is 125 Å². The predicted molar refractivity (Wildman–Crippen MR) is 85.6 cm³/mol. The molecule has 1 heterocycles. The zero-order chi connectivity index (χ0) is 15.7. The summed E-state index contributed by atoms with van der Waals surface area (Å²) in [6, 6.07) is 5.70. The Morgan fingerprint density at radius 2 is 1.95 bits per heavy atom. The standard InChI is InChI=1S/C16H22N4O/c1-9(2)20-12(5)15(11(4)19-20)18-16(21)13-8-6-7-10(3)14(13)17/h6-9H,17H2,1-5H3,(H,18,21). The molecule has 1 amide bonds. The van der Waals surface area contributed by atoms with Gasteiger partial charge in [0.25, 0.3) is 5.91 Å². The maximum Gasteiger partial charge on any atom is 0.257 e. The maximum atomic E-state index is 12.4. The number of carbonyl (C=O) groups is 1. The Kier molecular flexibility index (Phi) is 4.02. The first kappa shape index (κ1) is 15.1. The third-order valence-corrected chi connectivity index (χ3v) is 3.62. The van der Waals surface area contributed by atoms with Crippen LogP contribution in [-0.4, -0.2) is 15.7 Å². The number of anilines is 2. The fraction of sp³-hybridized carbons (Fsp3) is 0.375. The summed E-state index contributed by atoms with van der Waals surface area (Å²) in [5.74, 6) is -0.203. The molecule has 0 spiro atoms. The Bertz CT molecular complexity index is 686. The number of nitrogens with one attached hydrogen (secondary N) is 1. The van der Waals surface area contributed by atoms with Crippen LogP contribution in [-0.2, 0) is 0 Å². The topological polar surface area (TPSA) is 72.9 Å². The van der Waals surface area contributed by atoms with Gasteiger partial charge in [-0.1, -0.05) is 12.1 Å². The molecule has 1 aromatic heterocycles. The molecule has 0 aliphatic heterocycles. The Morgan fingerprint density at radius 3 is 2.52 bits per heavy atom. The lowest BCUT2D eigenvalue weighted by Gasteiger charge is -2.11. The number of hydrogen-bond acceptors (Lipinski definition) is 3. The van der Waals surface area contributed by atoms with E-state index in [2.05, 4.69) is 24.3 Å². The number of aromatic nitrogens is 2. The highest BCUT2D eigenvalue weighted by atomic mass is 16.1. The van der Waals surface area contributed by atoms with Crippen molar-refractivity contribution in [2.75, 3.05) is 11.1 Å². The minimum atomic E-state index is -0.203. The van der Waals surface area contributed by atoms with Gasteiger partial charge in [-0.25, -0.2) is 0 Å². The molecule has 1 aromatic carbocycles. The molecule has 2 aromatic rings. The van der Waals surface area contributed by atoms with E-state index < -0.39 is 0 Å². The van der Waals surface area contributed by atoms with E-state index in [0.717, 1.165) is 22.6 Å². The number of nitrogens with two attached hydrogens (primary N) is 1. The number of rotatable bonds is 3. The first-order valence-electron chi connectivity index (χ1n) is 7.05. The second-order valence-corrected chi connectivity index (χ2v) is 5.57. The molecular formula is C16H22N4O. The molecule has 0 aliphatic rings. The van der Waals surface area contributed by atoms with Gasteiger partial charge >= 0.3 is 0 Å². The van der Waals surface area contributed by atoms with Gasteiger partial charge in [-0.2, -0.15) is 5.10 Å². The number of hydrogen-bond donors (Lipinski definition) is 2. The zero-order valence-corrected chi connectivity index (χ0v) is 13.2. The Balaban J connectivity index is 2.34. The van der Waals surface area contributed by atoms with Crippen LogP contribution in [0.25, 0.3) is 0 Å². The molecule has 0 fully saturated rings. The highest BCUT2D eigenvalue weighted by molar-refractivity contribution is 6.08. The van der Waals surface area contributed by atoms with E-state index in [-0.39, 0.29) is 11.9 Å². The summed E-state index contributed by atoms with van der Waals surface area (Å²) in [6.45, 7) is 9.85. The number of nitrogens with zero attached hydrogens (tertiary/aromatic N) is 2. The van der Waals surface area contributed by atoms with E-state index in [1.807, 2.05) is 37.6 Å². The number of benzene rings is 1. The molecule has 0 saturated heterocycles. The minimum absolute atomic E-state index is 0.203. The molecule has 0 saturated carbocycles. The smallest absolute Gasteiger partial charge is 0.257 e. The van der Waals surface area contributed by atoms with Crippen LogP contribution in [0.3, 0.4) is 0 Å². The summed E-state index contributed by atoms with van der Waals surface area (Å²) in [6.07, 6.45) is 0. The SMILES string of the molecule is Cc1cccc(C(=O)Nc2c(C)nn(C(C)C)c2C)c1N.